The third-order valence-corrected chi connectivity index (χ3v) is 2.75. The Morgan fingerprint density at radius 3 is 2.61 bits per heavy atom. The van der Waals surface area contributed by atoms with E-state index in [0.717, 1.165) is 5.56 Å². The lowest BCUT2D eigenvalue weighted by molar-refractivity contribution is -0.123. The van der Waals surface area contributed by atoms with Gasteiger partial charge < -0.3 is 10.6 Å². The lowest BCUT2D eigenvalue weighted by Gasteiger charge is -2.15. The van der Waals surface area contributed by atoms with Crippen LogP contribution < -0.4 is 10.6 Å². The van der Waals surface area contributed by atoms with E-state index < -0.39 is 0 Å². The summed E-state index contributed by atoms with van der Waals surface area (Å²) >= 11 is 0. The first-order valence-electron chi connectivity index (χ1n) is 6.27. The van der Waals surface area contributed by atoms with Crippen molar-refractivity contribution in [3.8, 4) is 0 Å². The summed E-state index contributed by atoms with van der Waals surface area (Å²) in [6.07, 6.45) is 0. The van der Waals surface area contributed by atoms with Crippen LogP contribution in [-0.2, 0) is 4.79 Å². The molecule has 1 unspecified atom stereocenters. The van der Waals surface area contributed by atoms with E-state index in [1.165, 1.54) is 12.1 Å². The predicted molar refractivity (Wildman–Crippen MR) is 70.7 cm³/mol. The minimum atomic E-state index is -0.228. The van der Waals surface area contributed by atoms with Crippen LogP contribution >= 0.6 is 0 Å². The average molecular weight is 252 g/mol. The van der Waals surface area contributed by atoms with Crippen molar-refractivity contribution in [2.75, 3.05) is 13.1 Å². The minimum absolute atomic E-state index is 0.00522. The standard InChI is InChI=1S/C14H21FN2O/c1-10(2)14(18)17-8-7-16-11(3)12-5-4-6-13(15)9-12/h4-6,9-11,16H,7-8H2,1-3H3,(H,17,18). The summed E-state index contributed by atoms with van der Waals surface area (Å²) in [5.41, 5.74) is 0.908. The van der Waals surface area contributed by atoms with Gasteiger partial charge in [-0.05, 0) is 24.6 Å². The molecule has 0 aliphatic rings. The van der Waals surface area contributed by atoms with Gasteiger partial charge in [0.05, 0.1) is 0 Å². The summed E-state index contributed by atoms with van der Waals surface area (Å²) in [4.78, 5) is 11.3. The maximum Gasteiger partial charge on any atom is 0.222 e. The molecule has 0 saturated carbocycles. The van der Waals surface area contributed by atoms with Crippen LogP contribution in [0.1, 0.15) is 32.4 Å². The second-order valence-electron chi connectivity index (χ2n) is 4.68. The molecule has 1 aromatic rings. The second kappa shape index (κ2) is 7.11. The van der Waals surface area contributed by atoms with E-state index in [2.05, 4.69) is 10.6 Å². The zero-order valence-electron chi connectivity index (χ0n) is 11.2. The minimum Gasteiger partial charge on any atom is -0.355 e. The lowest BCUT2D eigenvalue weighted by atomic mass is 10.1. The van der Waals surface area contributed by atoms with Crippen molar-refractivity contribution in [3.05, 3.63) is 35.6 Å². The van der Waals surface area contributed by atoms with E-state index in [4.69, 9.17) is 0 Å². The van der Waals surface area contributed by atoms with Gasteiger partial charge in [0.25, 0.3) is 0 Å². The fourth-order valence-corrected chi connectivity index (χ4v) is 1.57. The van der Waals surface area contributed by atoms with Crippen LogP contribution in [0.5, 0.6) is 0 Å². The summed E-state index contributed by atoms with van der Waals surface area (Å²) in [6, 6.07) is 6.59. The molecule has 100 valence electrons. The van der Waals surface area contributed by atoms with E-state index in [-0.39, 0.29) is 23.7 Å². The van der Waals surface area contributed by atoms with Gasteiger partial charge in [-0.3, -0.25) is 4.79 Å². The molecule has 0 heterocycles. The zero-order valence-corrected chi connectivity index (χ0v) is 11.2. The maximum absolute atomic E-state index is 13.0. The number of hydrogen-bond donors (Lipinski definition) is 2. The van der Waals surface area contributed by atoms with Crippen LogP contribution in [0.25, 0.3) is 0 Å². The Balaban J connectivity index is 2.29. The van der Waals surface area contributed by atoms with Gasteiger partial charge in [-0.1, -0.05) is 26.0 Å². The maximum atomic E-state index is 13.0. The molecule has 1 rings (SSSR count). The van der Waals surface area contributed by atoms with Crippen molar-refractivity contribution in [3.63, 3.8) is 0 Å². The summed E-state index contributed by atoms with van der Waals surface area (Å²) in [5.74, 6) is -0.171. The summed E-state index contributed by atoms with van der Waals surface area (Å²) < 4.78 is 13.0. The van der Waals surface area contributed by atoms with E-state index >= 15 is 0 Å². The number of carbonyl (C=O) groups excluding carboxylic acids is 1. The number of amides is 1. The summed E-state index contributed by atoms with van der Waals surface area (Å²) in [7, 11) is 0. The predicted octanol–water partition coefficient (Wildman–Crippen LogP) is 2.25. The fraction of sp³-hybridized carbons (Fsp3) is 0.500. The molecule has 1 atom stereocenters. The third-order valence-electron chi connectivity index (χ3n) is 2.75. The average Bonchev–Trinajstić information content (AvgIpc) is 2.33. The Kier molecular flexibility index (Phi) is 5.78. The van der Waals surface area contributed by atoms with E-state index in [0.29, 0.717) is 13.1 Å². The molecular formula is C14H21FN2O. The largest absolute Gasteiger partial charge is 0.355 e. The molecule has 4 heteroatoms. The van der Waals surface area contributed by atoms with Crippen molar-refractivity contribution in [1.29, 1.82) is 0 Å². The molecular weight excluding hydrogens is 231 g/mol. The Labute approximate surface area is 108 Å². The highest BCUT2D eigenvalue weighted by molar-refractivity contribution is 5.77. The van der Waals surface area contributed by atoms with Gasteiger partial charge in [-0.15, -0.1) is 0 Å². The van der Waals surface area contributed by atoms with Crippen LogP contribution in [0.2, 0.25) is 0 Å². The molecule has 0 aromatic heterocycles. The van der Waals surface area contributed by atoms with Crippen molar-refractivity contribution in [2.24, 2.45) is 5.92 Å². The third kappa shape index (κ3) is 4.84. The van der Waals surface area contributed by atoms with Crippen LogP contribution in [-0.4, -0.2) is 19.0 Å². The van der Waals surface area contributed by atoms with Gasteiger partial charge in [-0.2, -0.15) is 0 Å². The highest BCUT2D eigenvalue weighted by atomic mass is 19.1. The first-order valence-corrected chi connectivity index (χ1v) is 6.27. The number of carbonyl (C=O) groups is 1. The summed E-state index contributed by atoms with van der Waals surface area (Å²) in [5, 5.41) is 6.06. The van der Waals surface area contributed by atoms with Gasteiger partial charge in [0.2, 0.25) is 5.91 Å². The fourth-order valence-electron chi connectivity index (χ4n) is 1.57. The number of nitrogens with one attached hydrogen (secondary N) is 2. The molecule has 0 spiro atoms. The SMILES string of the molecule is CC(C)C(=O)NCCNC(C)c1cccc(F)c1. The van der Waals surface area contributed by atoms with E-state index in [1.54, 1.807) is 6.07 Å². The molecule has 0 saturated heterocycles. The number of hydrogen-bond acceptors (Lipinski definition) is 2. The van der Waals surface area contributed by atoms with Gasteiger partial charge in [0, 0.05) is 25.0 Å². The lowest BCUT2D eigenvalue weighted by Crippen LogP contribution is -2.35. The molecule has 1 amide bonds. The topological polar surface area (TPSA) is 41.1 Å². The summed E-state index contributed by atoms with van der Waals surface area (Å²) in [6.45, 7) is 6.93. The molecule has 3 nitrogen and oxygen atoms in total. The van der Waals surface area contributed by atoms with Crippen LogP contribution in [0, 0.1) is 11.7 Å². The van der Waals surface area contributed by atoms with Crippen molar-refractivity contribution in [1.82, 2.24) is 10.6 Å². The molecule has 0 bridgehead atoms. The van der Waals surface area contributed by atoms with Crippen molar-refractivity contribution >= 4 is 5.91 Å². The molecule has 0 radical (unpaired) electrons. The Morgan fingerprint density at radius 2 is 2.00 bits per heavy atom. The van der Waals surface area contributed by atoms with Crippen LogP contribution in [0.4, 0.5) is 4.39 Å². The van der Waals surface area contributed by atoms with Gasteiger partial charge in [-0.25, -0.2) is 4.39 Å². The van der Waals surface area contributed by atoms with Crippen molar-refractivity contribution in [2.45, 2.75) is 26.8 Å². The number of rotatable bonds is 6. The molecule has 0 aliphatic heterocycles. The van der Waals surface area contributed by atoms with Gasteiger partial charge in [0.1, 0.15) is 5.82 Å². The molecule has 0 aliphatic carbocycles. The molecule has 18 heavy (non-hydrogen) atoms. The molecule has 2 N–H and O–H groups in total. The quantitative estimate of drug-likeness (QED) is 0.762. The normalized spacial score (nSPS) is 12.5. The highest BCUT2D eigenvalue weighted by Crippen LogP contribution is 2.12. The number of benzene rings is 1. The van der Waals surface area contributed by atoms with E-state index in [9.17, 15) is 9.18 Å². The molecule has 0 fully saturated rings. The zero-order chi connectivity index (χ0) is 13.5. The Hall–Kier alpha value is -1.42. The van der Waals surface area contributed by atoms with Crippen LogP contribution in [0.15, 0.2) is 24.3 Å². The Bertz CT molecular complexity index is 393. The Morgan fingerprint density at radius 1 is 1.28 bits per heavy atom. The molecule has 1 aromatic carbocycles. The van der Waals surface area contributed by atoms with Gasteiger partial charge >= 0.3 is 0 Å². The number of halogens is 1. The smallest absolute Gasteiger partial charge is 0.222 e. The van der Waals surface area contributed by atoms with E-state index in [1.807, 2.05) is 26.8 Å². The first kappa shape index (κ1) is 14.6. The first-order chi connectivity index (χ1) is 8.50. The highest BCUT2D eigenvalue weighted by Gasteiger charge is 2.07. The van der Waals surface area contributed by atoms with Crippen LogP contribution in [0.3, 0.4) is 0 Å². The van der Waals surface area contributed by atoms with Gasteiger partial charge in [0.15, 0.2) is 0 Å². The monoisotopic (exact) mass is 252 g/mol. The second-order valence-corrected chi connectivity index (χ2v) is 4.68. The van der Waals surface area contributed by atoms with Crippen molar-refractivity contribution < 1.29 is 9.18 Å².